The predicted molar refractivity (Wildman–Crippen MR) is 110 cm³/mol. The molecule has 0 saturated heterocycles. The fourth-order valence-electron chi connectivity index (χ4n) is 2.79. The highest BCUT2D eigenvalue weighted by molar-refractivity contribution is 5.80. The van der Waals surface area contributed by atoms with Crippen LogP contribution in [0.4, 0.5) is 0 Å². The molecule has 0 radical (unpaired) electrons. The van der Waals surface area contributed by atoms with Crippen LogP contribution in [-0.4, -0.2) is 25.2 Å². The van der Waals surface area contributed by atoms with Crippen LogP contribution in [0.25, 0.3) is 0 Å². The van der Waals surface area contributed by atoms with Gasteiger partial charge in [0.15, 0.2) is 6.10 Å². The molecule has 1 unspecified atom stereocenters. The number of nitrogens with one attached hydrogen (secondary N) is 1. The lowest BCUT2D eigenvalue weighted by Crippen LogP contribution is -2.37. The summed E-state index contributed by atoms with van der Waals surface area (Å²) in [6, 6.07) is 14.0. The monoisotopic (exact) mass is 369 g/mol. The maximum absolute atomic E-state index is 12.3. The van der Waals surface area contributed by atoms with Crippen molar-refractivity contribution >= 4 is 5.91 Å². The van der Waals surface area contributed by atoms with Crippen LogP contribution in [0.2, 0.25) is 0 Å². The smallest absolute Gasteiger partial charge is 0.260 e. The SMILES string of the molecule is CCCOc1ccccc1CCCNC(=O)C(C)Oc1cccc(C)c1C. The van der Waals surface area contributed by atoms with Gasteiger partial charge >= 0.3 is 0 Å². The van der Waals surface area contributed by atoms with E-state index in [4.69, 9.17) is 9.47 Å². The summed E-state index contributed by atoms with van der Waals surface area (Å²) in [6.45, 7) is 9.26. The molecule has 0 heterocycles. The third kappa shape index (κ3) is 6.31. The van der Waals surface area contributed by atoms with Gasteiger partial charge in [0.05, 0.1) is 6.61 Å². The minimum Gasteiger partial charge on any atom is -0.493 e. The maximum Gasteiger partial charge on any atom is 0.260 e. The Labute approximate surface area is 162 Å². The van der Waals surface area contributed by atoms with Gasteiger partial charge in [-0.25, -0.2) is 0 Å². The average Bonchev–Trinajstić information content (AvgIpc) is 2.67. The lowest BCUT2D eigenvalue weighted by atomic mass is 10.1. The van der Waals surface area contributed by atoms with Gasteiger partial charge in [0.25, 0.3) is 5.91 Å². The largest absolute Gasteiger partial charge is 0.493 e. The van der Waals surface area contributed by atoms with Gasteiger partial charge < -0.3 is 14.8 Å². The molecule has 0 saturated carbocycles. The lowest BCUT2D eigenvalue weighted by molar-refractivity contribution is -0.127. The van der Waals surface area contributed by atoms with E-state index in [2.05, 4.69) is 18.3 Å². The third-order valence-electron chi connectivity index (χ3n) is 4.58. The Kier molecular flexibility index (Phi) is 8.18. The summed E-state index contributed by atoms with van der Waals surface area (Å²) in [5.74, 6) is 1.61. The third-order valence-corrected chi connectivity index (χ3v) is 4.58. The number of ether oxygens (including phenoxy) is 2. The van der Waals surface area contributed by atoms with Crippen molar-refractivity contribution in [3.05, 3.63) is 59.2 Å². The van der Waals surface area contributed by atoms with Gasteiger partial charge in [0, 0.05) is 6.54 Å². The van der Waals surface area contributed by atoms with Crippen LogP contribution < -0.4 is 14.8 Å². The summed E-state index contributed by atoms with van der Waals surface area (Å²) in [4.78, 5) is 12.3. The van der Waals surface area contributed by atoms with Crippen LogP contribution >= 0.6 is 0 Å². The van der Waals surface area contributed by atoms with Crippen molar-refractivity contribution in [1.29, 1.82) is 0 Å². The fourth-order valence-corrected chi connectivity index (χ4v) is 2.79. The molecule has 0 aliphatic rings. The quantitative estimate of drug-likeness (QED) is 0.622. The van der Waals surface area contributed by atoms with Crippen molar-refractivity contribution in [1.82, 2.24) is 5.32 Å². The molecule has 0 bridgehead atoms. The second-order valence-electron chi connectivity index (χ2n) is 6.81. The van der Waals surface area contributed by atoms with Crippen molar-refractivity contribution in [2.75, 3.05) is 13.2 Å². The Bertz CT molecular complexity index is 742. The molecule has 0 aliphatic heterocycles. The number of hydrogen-bond donors (Lipinski definition) is 1. The summed E-state index contributed by atoms with van der Waals surface area (Å²) in [5, 5.41) is 2.96. The van der Waals surface area contributed by atoms with Crippen molar-refractivity contribution in [2.45, 2.75) is 53.1 Å². The van der Waals surface area contributed by atoms with Crippen molar-refractivity contribution < 1.29 is 14.3 Å². The summed E-state index contributed by atoms with van der Waals surface area (Å²) in [7, 11) is 0. The molecule has 1 amide bonds. The maximum atomic E-state index is 12.3. The number of carbonyl (C=O) groups is 1. The normalized spacial score (nSPS) is 11.7. The number of rotatable bonds is 10. The Balaban J connectivity index is 1.78. The van der Waals surface area contributed by atoms with E-state index in [9.17, 15) is 4.79 Å². The first-order valence-electron chi connectivity index (χ1n) is 9.74. The van der Waals surface area contributed by atoms with Gasteiger partial charge in [-0.1, -0.05) is 37.3 Å². The van der Waals surface area contributed by atoms with E-state index in [0.717, 1.165) is 48.5 Å². The second-order valence-corrected chi connectivity index (χ2v) is 6.81. The first-order valence-corrected chi connectivity index (χ1v) is 9.74. The summed E-state index contributed by atoms with van der Waals surface area (Å²) in [5.41, 5.74) is 3.41. The zero-order valence-electron chi connectivity index (χ0n) is 16.9. The zero-order valence-corrected chi connectivity index (χ0v) is 16.9. The number of hydrogen-bond acceptors (Lipinski definition) is 3. The number of carbonyl (C=O) groups excluding carboxylic acids is 1. The standard InChI is InChI=1S/C23H31NO3/c1-5-16-26-22-13-7-6-11-20(22)12-9-15-24-23(25)19(4)27-21-14-8-10-17(2)18(21)3/h6-8,10-11,13-14,19H,5,9,12,15-16H2,1-4H3,(H,24,25). The molecule has 1 atom stereocenters. The Morgan fingerprint density at radius 3 is 2.59 bits per heavy atom. The Morgan fingerprint density at radius 1 is 1.07 bits per heavy atom. The van der Waals surface area contributed by atoms with E-state index >= 15 is 0 Å². The molecule has 27 heavy (non-hydrogen) atoms. The minimum absolute atomic E-state index is 0.0913. The van der Waals surface area contributed by atoms with Gasteiger partial charge in [-0.05, 0) is 68.9 Å². The van der Waals surface area contributed by atoms with Crippen LogP contribution in [-0.2, 0) is 11.2 Å². The van der Waals surface area contributed by atoms with Crippen LogP contribution in [0.15, 0.2) is 42.5 Å². The highest BCUT2D eigenvalue weighted by Crippen LogP contribution is 2.22. The number of benzene rings is 2. The lowest BCUT2D eigenvalue weighted by Gasteiger charge is -2.17. The molecular formula is C23H31NO3. The molecule has 0 spiro atoms. The van der Waals surface area contributed by atoms with Crippen molar-refractivity contribution in [3.8, 4) is 11.5 Å². The van der Waals surface area contributed by atoms with E-state index < -0.39 is 6.10 Å². The van der Waals surface area contributed by atoms with E-state index in [-0.39, 0.29) is 5.91 Å². The van der Waals surface area contributed by atoms with E-state index in [0.29, 0.717) is 6.54 Å². The average molecular weight is 370 g/mol. The molecule has 0 fully saturated rings. The molecule has 2 aromatic carbocycles. The van der Waals surface area contributed by atoms with E-state index in [1.807, 2.05) is 50.2 Å². The number of amides is 1. The first kappa shape index (κ1) is 20.8. The summed E-state index contributed by atoms with van der Waals surface area (Å²) >= 11 is 0. The number of para-hydroxylation sites is 1. The van der Waals surface area contributed by atoms with Gasteiger partial charge in [0.1, 0.15) is 11.5 Å². The van der Waals surface area contributed by atoms with Gasteiger partial charge in [-0.3, -0.25) is 4.79 Å². The molecule has 146 valence electrons. The van der Waals surface area contributed by atoms with Crippen molar-refractivity contribution in [2.24, 2.45) is 0 Å². The van der Waals surface area contributed by atoms with Gasteiger partial charge in [0.2, 0.25) is 0 Å². The minimum atomic E-state index is -0.523. The molecule has 0 aliphatic carbocycles. The van der Waals surface area contributed by atoms with Gasteiger partial charge in [-0.15, -0.1) is 0 Å². The molecule has 0 aromatic heterocycles. The van der Waals surface area contributed by atoms with E-state index in [1.54, 1.807) is 6.92 Å². The molecule has 4 heteroatoms. The summed E-state index contributed by atoms with van der Waals surface area (Å²) in [6.07, 6.45) is 2.19. The molecule has 2 aromatic rings. The Hall–Kier alpha value is -2.49. The first-order chi connectivity index (χ1) is 13.0. The van der Waals surface area contributed by atoms with Crippen LogP contribution in [0, 0.1) is 13.8 Å². The molecule has 4 nitrogen and oxygen atoms in total. The Morgan fingerprint density at radius 2 is 1.81 bits per heavy atom. The highest BCUT2D eigenvalue weighted by atomic mass is 16.5. The molecular weight excluding hydrogens is 338 g/mol. The summed E-state index contributed by atoms with van der Waals surface area (Å²) < 4.78 is 11.6. The second kappa shape index (κ2) is 10.6. The van der Waals surface area contributed by atoms with E-state index in [1.165, 1.54) is 5.56 Å². The van der Waals surface area contributed by atoms with Crippen LogP contribution in [0.3, 0.4) is 0 Å². The van der Waals surface area contributed by atoms with Crippen LogP contribution in [0.5, 0.6) is 11.5 Å². The zero-order chi connectivity index (χ0) is 19.6. The molecule has 2 rings (SSSR count). The molecule has 1 N–H and O–H groups in total. The number of aryl methyl sites for hydroxylation is 2. The van der Waals surface area contributed by atoms with Gasteiger partial charge in [-0.2, -0.15) is 0 Å². The topological polar surface area (TPSA) is 47.6 Å². The highest BCUT2D eigenvalue weighted by Gasteiger charge is 2.15. The van der Waals surface area contributed by atoms with Crippen molar-refractivity contribution in [3.63, 3.8) is 0 Å². The van der Waals surface area contributed by atoms with Crippen LogP contribution in [0.1, 0.15) is 43.4 Å². The predicted octanol–water partition coefficient (Wildman–Crippen LogP) is 4.61. The fraction of sp³-hybridized carbons (Fsp3) is 0.435.